The molecule has 3 nitrogen and oxygen atoms in total. The molecule has 0 bridgehead atoms. The van der Waals surface area contributed by atoms with E-state index in [9.17, 15) is 9.18 Å². The van der Waals surface area contributed by atoms with Gasteiger partial charge in [-0.3, -0.25) is 4.79 Å². The van der Waals surface area contributed by atoms with Crippen molar-refractivity contribution < 1.29 is 18.7 Å². The van der Waals surface area contributed by atoms with Crippen LogP contribution >= 0.6 is 15.9 Å². The topological polar surface area (TPSA) is 35.5 Å². The molecule has 0 aliphatic carbocycles. The summed E-state index contributed by atoms with van der Waals surface area (Å²) in [4.78, 5) is 10.8. The molecule has 0 fully saturated rings. The zero-order valence-electron chi connectivity index (χ0n) is 11.4. The lowest BCUT2D eigenvalue weighted by atomic mass is 10.2. The molecule has 0 saturated heterocycles. The predicted molar refractivity (Wildman–Crippen MR) is 81.4 cm³/mol. The molecule has 2 rings (SSSR count). The maximum atomic E-state index is 13.7. The van der Waals surface area contributed by atoms with Crippen LogP contribution in [-0.4, -0.2) is 12.9 Å². The largest absolute Gasteiger partial charge is 0.490 e. The Morgan fingerprint density at radius 2 is 1.95 bits per heavy atom. The normalized spacial score (nSPS) is 10.2. The third kappa shape index (κ3) is 4.04. The van der Waals surface area contributed by atoms with Gasteiger partial charge in [0.1, 0.15) is 18.7 Å². The Balaban J connectivity index is 2.19. The highest BCUT2D eigenvalue weighted by Crippen LogP contribution is 2.29. The molecule has 0 spiro atoms. The smallest absolute Gasteiger partial charge is 0.161 e. The zero-order chi connectivity index (χ0) is 15.2. The molecular formula is C16H14BrFO3. The number of carbonyl (C=O) groups is 1. The van der Waals surface area contributed by atoms with Gasteiger partial charge in [0.05, 0.1) is 6.61 Å². The Hall–Kier alpha value is -1.88. The SMILES string of the molecule is CCOc1cc(C=O)ccc1OCc1cc(Br)ccc1F. The number of aldehydes is 1. The van der Waals surface area contributed by atoms with Crippen molar-refractivity contribution in [1.29, 1.82) is 0 Å². The lowest BCUT2D eigenvalue weighted by Gasteiger charge is -2.13. The Morgan fingerprint density at radius 3 is 2.67 bits per heavy atom. The standard InChI is InChI=1S/C16H14BrFO3/c1-2-20-16-7-11(9-19)3-6-15(16)21-10-12-8-13(17)4-5-14(12)18/h3-9H,2,10H2,1H3. The summed E-state index contributed by atoms with van der Waals surface area (Å²) in [6, 6.07) is 9.54. The van der Waals surface area contributed by atoms with Crippen molar-refractivity contribution in [2.75, 3.05) is 6.61 Å². The first-order valence-corrected chi connectivity index (χ1v) is 7.22. The van der Waals surface area contributed by atoms with Gasteiger partial charge in [-0.1, -0.05) is 15.9 Å². The average molecular weight is 353 g/mol. The molecule has 0 amide bonds. The number of benzene rings is 2. The van der Waals surface area contributed by atoms with Gasteiger partial charge in [0.2, 0.25) is 0 Å². The third-order valence-electron chi connectivity index (χ3n) is 2.79. The van der Waals surface area contributed by atoms with Crippen LogP contribution in [0.1, 0.15) is 22.8 Å². The highest BCUT2D eigenvalue weighted by Gasteiger charge is 2.09. The maximum absolute atomic E-state index is 13.7. The molecule has 0 saturated carbocycles. The Bertz CT molecular complexity index is 643. The van der Waals surface area contributed by atoms with E-state index in [0.717, 1.165) is 10.8 Å². The molecule has 2 aromatic rings. The summed E-state index contributed by atoms with van der Waals surface area (Å²) in [7, 11) is 0. The van der Waals surface area contributed by atoms with Crippen LogP contribution in [-0.2, 0) is 6.61 Å². The molecule has 2 aromatic carbocycles. The molecule has 21 heavy (non-hydrogen) atoms. The third-order valence-corrected chi connectivity index (χ3v) is 3.29. The molecule has 0 radical (unpaired) electrons. The van der Waals surface area contributed by atoms with Crippen molar-refractivity contribution in [1.82, 2.24) is 0 Å². The van der Waals surface area contributed by atoms with Crippen molar-refractivity contribution in [2.45, 2.75) is 13.5 Å². The van der Waals surface area contributed by atoms with Crippen LogP contribution in [0.2, 0.25) is 0 Å². The van der Waals surface area contributed by atoms with E-state index < -0.39 is 0 Å². The van der Waals surface area contributed by atoms with Crippen LogP contribution in [0.25, 0.3) is 0 Å². The van der Waals surface area contributed by atoms with Crippen molar-refractivity contribution in [2.24, 2.45) is 0 Å². The van der Waals surface area contributed by atoms with E-state index in [4.69, 9.17) is 9.47 Å². The van der Waals surface area contributed by atoms with Gasteiger partial charge in [-0.2, -0.15) is 0 Å². The summed E-state index contributed by atoms with van der Waals surface area (Å²) < 4.78 is 25.5. The highest BCUT2D eigenvalue weighted by molar-refractivity contribution is 9.10. The van der Waals surface area contributed by atoms with Gasteiger partial charge in [-0.25, -0.2) is 4.39 Å². The molecule has 0 heterocycles. The first-order valence-electron chi connectivity index (χ1n) is 6.42. The number of hydrogen-bond donors (Lipinski definition) is 0. The van der Waals surface area contributed by atoms with Gasteiger partial charge < -0.3 is 9.47 Å². The summed E-state index contributed by atoms with van der Waals surface area (Å²) in [6.45, 7) is 2.36. The van der Waals surface area contributed by atoms with Crippen LogP contribution in [0.4, 0.5) is 4.39 Å². The molecule has 0 aromatic heterocycles. The average Bonchev–Trinajstić information content (AvgIpc) is 2.49. The van der Waals surface area contributed by atoms with E-state index in [1.54, 1.807) is 30.3 Å². The summed E-state index contributed by atoms with van der Waals surface area (Å²) in [5, 5.41) is 0. The van der Waals surface area contributed by atoms with E-state index in [2.05, 4.69) is 15.9 Å². The Morgan fingerprint density at radius 1 is 1.14 bits per heavy atom. The monoisotopic (exact) mass is 352 g/mol. The molecule has 110 valence electrons. The molecule has 0 unspecified atom stereocenters. The van der Waals surface area contributed by atoms with Crippen molar-refractivity contribution >= 4 is 22.2 Å². The van der Waals surface area contributed by atoms with Gasteiger partial charge in [0.25, 0.3) is 0 Å². The maximum Gasteiger partial charge on any atom is 0.161 e. The molecule has 0 aliphatic heterocycles. The van der Waals surface area contributed by atoms with Gasteiger partial charge >= 0.3 is 0 Å². The molecule has 5 heteroatoms. The van der Waals surface area contributed by atoms with E-state index in [1.807, 2.05) is 6.92 Å². The number of ether oxygens (including phenoxy) is 2. The summed E-state index contributed by atoms with van der Waals surface area (Å²) in [6.07, 6.45) is 0.736. The molecule has 0 atom stereocenters. The van der Waals surface area contributed by atoms with Gasteiger partial charge in [0, 0.05) is 15.6 Å². The first kappa shape index (κ1) is 15.5. The fourth-order valence-corrected chi connectivity index (χ4v) is 2.20. The van der Waals surface area contributed by atoms with Gasteiger partial charge in [-0.05, 0) is 43.3 Å². The number of hydrogen-bond acceptors (Lipinski definition) is 3. The Kier molecular flexibility index (Phi) is 5.33. The van der Waals surface area contributed by atoms with Gasteiger partial charge in [0.15, 0.2) is 11.5 Å². The molecule has 0 aliphatic rings. The van der Waals surface area contributed by atoms with Crippen molar-refractivity contribution in [3.05, 3.63) is 57.8 Å². The molecular weight excluding hydrogens is 339 g/mol. The minimum Gasteiger partial charge on any atom is -0.490 e. The quantitative estimate of drug-likeness (QED) is 0.723. The first-order chi connectivity index (χ1) is 10.1. The van der Waals surface area contributed by atoms with Crippen molar-refractivity contribution in [3.63, 3.8) is 0 Å². The number of rotatable bonds is 6. The van der Waals surface area contributed by atoms with Crippen molar-refractivity contribution in [3.8, 4) is 11.5 Å². The highest BCUT2D eigenvalue weighted by atomic mass is 79.9. The lowest BCUT2D eigenvalue weighted by Crippen LogP contribution is -2.02. The second kappa shape index (κ2) is 7.22. The summed E-state index contributed by atoms with van der Waals surface area (Å²) in [5.41, 5.74) is 0.936. The van der Waals surface area contributed by atoms with Crippen LogP contribution < -0.4 is 9.47 Å². The molecule has 0 N–H and O–H groups in total. The number of carbonyl (C=O) groups excluding carboxylic acids is 1. The second-order valence-corrected chi connectivity index (χ2v) is 5.20. The number of halogens is 2. The van der Waals surface area contributed by atoms with Crippen LogP contribution in [0.5, 0.6) is 11.5 Å². The van der Waals surface area contributed by atoms with E-state index >= 15 is 0 Å². The van der Waals surface area contributed by atoms with Crippen LogP contribution in [0.15, 0.2) is 40.9 Å². The van der Waals surface area contributed by atoms with Crippen LogP contribution in [0, 0.1) is 5.82 Å². The van der Waals surface area contributed by atoms with Crippen LogP contribution in [0.3, 0.4) is 0 Å². The fraction of sp³-hybridized carbons (Fsp3) is 0.188. The minimum atomic E-state index is -0.333. The second-order valence-electron chi connectivity index (χ2n) is 4.28. The van der Waals surface area contributed by atoms with E-state index in [-0.39, 0.29) is 12.4 Å². The summed E-state index contributed by atoms with van der Waals surface area (Å²) >= 11 is 3.29. The summed E-state index contributed by atoms with van der Waals surface area (Å²) in [5.74, 6) is 0.611. The minimum absolute atomic E-state index is 0.0752. The fourth-order valence-electron chi connectivity index (χ4n) is 1.79. The Labute approximate surface area is 130 Å². The zero-order valence-corrected chi connectivity index (χ0v) is 13.0. The van der Waals surface area contributed by atoms with E-state index in [1.165, 1.54) is 6.07 Å². The van der Waals surface area contributed by atoms with E-state index in [0.29, 0.717) is 29.2 Å². The van der Waals surface area contributed by atoms with Gasteiger partial charge in [-0.15, -0.1) is 0 Å². The lowest BCUT2D eigenvalue weighted by molar-refractivity contribution is 0.112. The predicted octanol–water partition coefficient (Wildman–Crippen LogP) is 4.38.